The molecule has 0 radical (unpaired) electrons. The van der Waals surface area contributed by atoms with Crippen LogP contribution in [0.25, 0.3) is 0 Å². The van der Waals surface area contributed by atoms with Gasteiger partial charge >= 0.3 is 0 Å². The smallest absolute Gasteiger partial charge is 0.135 e. The molecule has 0 aliphatic heterocycles. The van der Waals surface area contributed by atoms with Gasteiger partial charge in [-0.05, 0) is 13.8 Å². The van der Waals surface area contributed by atoms with E-state index in [1.807, 2.05) is 26.4 Å². The molecule has 0 aliphatic carbocycles. The summed E-state index contributed by atoms with van der Waals surface area (Å²) in [4.78, 5) is 9.25. The van der Waals surface area contributed by atoms with Crippen LogP contribution >= 0.6 is 0 Å². The Hall–Kier alpha value is -2.11. The van der Waals surface area contributed by atoms with Gasteiger partial charge < -0.3 is 10.6 Å². The molecule has 2 aromatic rings. The summed E-state index contributed by atoms with van der Waals surface area (Å²) in [6.07, 6.45) is 3.86. The average Bonchev–Trinajstić information content (AvgIpc) is 2.85. The Bertz CT molecular complexity index is 602. The van der Waals surface area contributed by atoms with Crippen molar-refractivity contribution in [1.82, 2.24) is 19.7 Å². The zero-order valence-electron chi connectivity index (χ0n) is 13.4. The van der Waals surface area contributed by atoms with Gasteiger partial charge in [-0.1, -0.05) is 13.8 Å². The summed E-state index contributed by atoms with van der Waals surface area (Å²) in [5.41, 5.74) is 2.18. The van der Waals surface area contributed by atoms with Gasteiger partial charge in [-0.25, -0.2) is 9.97 Å². The van der Waals surface area contributed by atoms with E-state index in [0.717, 1.165) is 35.1 Å². The van der Waals surface area contributed by atoms with Crippen LogP contribution in [-0.2, 0) is 13.6 Å². The fourth-order valence-corrected chi connectivity index (χ4v) is 2.05. The molecule has 0 fully saturated rings. The van der Waals surface area contributed by atoms with E-state index in [9.17, 15) is 0 Å². The quantitative estimate of drug-likeness (QED) is 0.855. The highest BCUT2D eigenvalue weighted by molar-refractivity contribution is 5.57. The summed E-state index contributed by atoms with van der Waals surface area (Å²) in [5, 5.41) is 10.9. The summed E-state index contributed by atoms with van der Waals surface area (Å²) in [5.74, 6) is 2.94. The van der Waals surface area contributed by atoms with Crippen molar-refractivity contribution in [3.05, 3.63) is 29.3 Å². The van der Waals surface area contributed by atoms with E-state index in [2.05, 4.69) is 46.5 Å². The number of nitrogens with one attached hydrogen (secondary N) is 2. The second-order valence-electron chi connectivity index (χ2n) is 5.46. The highest BCUT2D eigenvalue weighted by atomic mass is 15.2. The molecule has 0 aliphatic rings. The van der Waals surface area contributed by atoms with Crippen molar-refractivity contribution < 1.29 is 0 Å². The van der Waals surface area contributed by atoms with Gasteiger partial charge in [0.25, 0.3) is 0 Å². The highest BCUT2D eigenvalue weighted by Crippen LogP contribution is 2.23. The van der Waals surface area contributed by atoms with Gasteiger partial charge in [0.1, 0.15) is 17.5 Å². The molecule has 21 heavy (non-hydrogen) atoms. The Balaban J connectivity index is 2.23. The van der Waals surface area contributed by atoms with E-state index < -0.39 is 0 Å². The first-order valence-corrected chi connectivity index (χ1v) is 7.35. The number of aryl methyl sites for hydroxylation is 1. The van der Waals surface area contributed by atoms with Gasteiger partial charge in [0, 0.05) is 43.4 Å². The summed E-state index contributed by atoms with van der Waals surface area (Å²) >= 11 is 0. The van der Waals surface area contributed by atoms with Crippen molar-refractivity contribution in [3.8, 4) is 0 Å². The molecule has 6 nitrogen and oxygen atoms in total. The molecule has 0 saturated heterocycles. The molecular weight excluding hydrogens is 264 g/mol. The Kier molecular flexibility index (Phi) is 4.77. The number of nitrogens with zero attached hydrogens (tertiary/aromatic N) is 4. The van der Waals surface area contributed by atoms with Gasteiger partial charge in [-0.2, -0.15) is 5.10 Å². The lowest BCUT2D eigenvalue weighted by atomic mass is 10.2. The van der Waals surface area contributed by atoms with Crippen molar-refractivity contribution in [2.75, 3.05) is 17.2 Å². The molecule has 0 atom stereocenters. The maximum absolute atomic E-state index is 4.65. The first-order chi connectivity index (χ1) is 10.0. The molecule has 6 heteroatoms. The van der Waals surface area contributed by atoms with Crippen LogP contribution in [0.1, 0.15) is 43.6 Å². The lowest BCUT2D eigenvalue weighted by Gasteiger charge is -2.15. The second kappa shape index (κ2) is 6.56. The summed E-state index contributed by atoms with van der Waals surface area (Å²) in [6.45, 7) is 9.86. The Morgan fingerprint density at radius 1 is 1.19 bits per heavy atom. The topological polar surface area (TPSA) is 67.7 Å². The molecule has 2 heterocycles. The minimum absolute atomic E-state index is 0.293. The standard InChI is InChI=1S/C15H24N6/c1-6-16-14-11(4)15(20-13(19-14)10(2)3)17-7-12-8-18-21(5)9-12/h8-10H,6-7H2,1-5H3,(H2,16,17,19,20). The number of aromatic nitrogens is 4. The van der Waals surface area contributed by atoms with Crippen molar-refractivity contribution in [3.63, 3.8) is 0 Å². The predicted octanol–water partition coefficient (Wildman–Crippen LogP) is 2.69. The zero-order valence-corrected chi connectivity index (χ0v) is 13.4. The maximum Gasteiger partial charge on any atom is 0.135 e. The third kappa shape index (κ3) is 3.71. The average molecular weight is 288 g/mol. The van der Waals surface area contributed by atoms with Gasteiger partial charge in [-0.3, -0.25) is 4.68 Å². The molecule has 0 unspecified atom stereocenters. The van der Waals surface area contributed by atoms with Gasteiger partial charge in [0.15, 0.2) is 0 Å². The van der Waals surface area contributed by atoms with Crippen LogP contribution in [-0.4, -0.2) is 26.3 Å². The number of anilines is 2. The summed E-state index contributed by atoms with van der Waals surface area (Å²) < 4.78 is 1.80. The monoisotopic (exact) mass is 288 g/mol. The molecule has 0 bridgehead atoms. The maximum atomic E-state index is 4.65. The van der Waals surface area contributed by atoms with Gasteiger partial charge in [-0.15, -0.1) is 0 Å². The molecule has 0 saturated carbocycles. The third-order valence-corrected chi connectivity index (χ3v) is 3.24. The normalized spacial score (nSPS) is 11.0. The Labute approximate surface area is 126 Å². The molecule has 2 rings (SSSR count). The van der Waals surface area contributed by atoms with Crippen LogP contribution in [0.4, 0.5) is 11.6 Å². The van der Waals surface area contributed by atoms with E-state index in [-0.39, 0.29) is 0 Å². The van der Waals surface area contributed by atoms with Gasteiger partial charge in [0.05, 0.1) is 6.20 Å². The van der Waals surface area contributed by atoms with Crippen LogP contribution in [0.15, 0.2) is 12.4 Å². The molecule has 2 aromatic heterocycles. The minimum Gasteiger partial charge on any atom is -0.370 e. The Morgan fingerprint density at radius 3 is 2.38 bits per heavy atom. The largest absolute Gasteiger partial charge is 0.370 e. The molecule has 0 aromatic carbocycles. The number of hydrogen-bond donors (Lipinski definition) is 2. The van der Waals surface area contributed by atoms with Crippen molar-refractivity contribution in [2.45, 2.75) is 40.2 Å². The minimum atomic E-state index is 0.293. The van der Waals surface area contributed by atoms with Crippen LogP contribution in [0.2, 0.25) is 0 Å². The van der Waals surface area contributed by atoms with Crippen LogP contribution in [0.5, 0.6) is 0 Å². The summed E-state index contributed by atoms with van der Waals surface area (Å²) in [7, 11) is 1.92. The van der Waals surface area contributed by atoms with Crippen molar-refractivity contribution in [2.24, 2.45) is 7.05 Å². The molecule has 0 amide bonds. The van der Waals surface area contributed by atoms with E-state index in [0.29, 0.717) is 12.5 Å². The molecule has 114 valence electrons. The van der Waals surface area contributed by atoms with Gasteiger partial charge in [0.2, 0.25) is 0 Å². The fourth-order valence-electron chi connectivity index (χ4n) is 2.05. The van der Waals surface area contributed by atoms with Crippen molar-refractivity contribution >= 4 is 11.6 Å². The molecule has 0 spiro atoms. The molecule has 2 N–H and O–H groups in total. The van der Waals surface area contributed by atoms with Crippen LogP contribution in [0, 0.1) is 6.92 Å². The predicted molar refractivity (Wildman–Crippen MR) is 85.6 cm³/mol. The third-order valence-electron chi connectivity index (χ3n) is 3.24. The van der Waals surface area contributed by atoms with E-state index in [1.54, 1.807) is 4.68 Å². The highest BCUT2D eigenvalue weighted by Gasteiger charge is 2.12. The van der Waals surface area contributed by atoms with E-state index in [1.165, 1.54) is 0 Å². The Morgan fingerprint density at radius 2 is 1.86 bits per heavy atom. The zero-order chi connectivity index (χ0) is 15.4. The fraction of sp³-hybridized carbons (Fsp3) is 0.533. The SMILES string of the molecule is CCNc1nc(C(C)C)nc(NCc2cnn(C)c2)c1C. The van der Waals surface area contributed by atoms with E-state index in [4.69, 9.17) is 0 Å². The number of hydrogen-bond acceptors (Lipinski definition) is 5. The van der Waals surface area contributed by atoms with E-state index >= 15 is 0 Å². The number of rotatable bonds is 6. The summed E-state index contributed by atoms with van der Waals surface area (Å²) in [6, 6.07) is 0. The van der Waals surface area contributed by atoms with Crippen molar-refractivity contribution in [1.29, 1.82) is 0 Å². The second-order valence-corrected chi connectivity index (χ2v) is 5.46. The first-order valence-electron chi connectivity index (χ1n) is 7.35. The van der Waals surface area contributed by atoms with Crippen LogP contribution < -0.4 is 10.6 Å². The lowest BCUT2D eigenvalue weighted by Crippen LogP contribution is -2.11. The first kappa shape index (κ1) is 15.3. The lowest BCUT2D eigenvalue weighted by molar-refractivity contribution is 0.766. The molecular formula is C15H24N6. The van der Waals surface area contributed by atoms with Crippen LogP contribution in [0.3, 0.4) is 0 Å².